The molecule has 0 fully saturated rings. The summed E-state index contributed by atoms with van der Waals surface area (Å²) in [5.41, 5.74) is 4.95. The summed E-state index contributed by atoms with van der Waals surface area (Å²) in [5, 5.41) is 12.4. The molecular weight excluding hydrogens is 715 g/mol. The van der Waals surface area contributed by atoms with Crippen molar-refractivity contribution in [3.8, 4) is 5.75 Å². The van der Waals surface area contributed by atoms with Crippen LogP contribution >= 0.6 is 0 Å². The third-order valence-electron chi connectivity index (χ3n) is 10.1. The summed E-state index contributed by atoms with van der Waals surface area (Å²) >= 11 is 0. The van der Waals surface area contributed by atoms with Crippen molar-refractivity contribution in [1.29, 1.82) is 0 Å². The number of aromatic hydroxyl groups is 1. The van der Waals surface area contributed by atoms with Gasteiger partial charge in [-0.2, -0.15) is 13.0 Å². The van der Waals surface area contributed by atoms with E-state index in [4.69, 9.17) is 0 Å². The number of rotatable bonds is 14. The summed E-state index contributed by atoms with van der Waals surface area (Å²) in [5.74, 6) is 0.196. The van der Waals surface area contributed by atoms with Gasteiger partial charge < -0.3 is 19.9 Å². The minimum Gasteiger partial charge on any atom is -0.744 e. The number of unbranched alkanes of at least 4 members (excludes halogenated alkanes) is 2. The van der Waals surface area contributed by atoms with Crippen LogP contribution in [0.5, 0.6) is 5.75 Å². The number of phenols is 1. The van der Waals surface area contributed by atoms with Crippen molar-refractivity contribution in [2.45, 2.75) is 80.4 Å². The monoisotopic (exact) mass is 761 g/mol. The zero-order valence-corrected chi connectivity index (χ0v) is 32.3. The Kier molecular flexibility index (Phi) is 11.5. The van der Waals surface area contributed by atoms with Crippen molar-refractivity contribution in [2.75, 3.05) is 25.0 Å². The highest BCUT2D eigenvalue weighted by Crippen LogP contribution is 2.48. The predicted molar refractivity (Wildman–Crippen MR) is 205 cm³/mol. The van der Waals surface area contributed by atoms with Gasteiger partial charge in [0.15, 0.2) is 5.71 Å². The Bertz CT molecular complexity index is 2230. The molecule has 11 nitrogen and oxygen atoms in total. The van der Waals surface area contributed by atoms with Gasteiger partial charge in [0, 0.05) is 54.0 Å². The molecule has 2 heterocycles. The minimum absolute atomic E-state index is 0.0117. The molecule has 1 amide bonds. The van der Waals surface area contributed by atoms with E-state index in [0.717, 1.165) is 52.3 Å². The molecule has 0 aromatic heterocycles. The topological polar surface area (TPSA) is 167 Å². The summed E-state index contributed by atoms with van der Waals surface area (Å²) < 4.78 is 70.9. The van der Waals surface area contributed by atoms with Crippen molar-refractivity contribution in [3.63, 3.8) is 0 Å². The molecule has 0 atom stereocenters. The Morgan fingerprint density at radius 1 is 0.868 bits per heavy atom. The van der Waals surface area contributed by atoms with Gasteiger partial charge in [0.1, 0.15) is 22.9 Å². The number of phenolic OH excluding ortho intramolecular Hbond substituents is 1. The molecule has 0 saturated heterocycles. The molecule has 0 unspecified atom stereocenters. The Labute approximate surface area is 312 Å². The van der Waals surface area contributed by atoms with Gasteiger partial charge in [0.25, 0.3) is 10.1 Å². The van der Waals surface area contributed by atoms with Gasteiger partial charge in [-0.1, -0.05) is 50.6 Å². The van der Waals surface area contributed by atoms with Crippen LogP contribution < -0.4 is 10.2 Å². The van der Waals surface area contributed by atoms with Crippen LogP contribution in [0.1, 0.15) is 70.1 Å². The number of carbonyl (C=O) groups is 1. The van der Waals surface area contributed by atoms with Crippen LogP contribution in [0, 0.1) is 0 Å². The third-order valence-corrected chi connectivity index (χ3v) is 11.8. The van der Waals surface area contributed by atoms with Crippen molar-refractivity contribution in [1.82, 2.24) is 5.32 Å². The highest BCUT2D eigenvalue weighted by atomic mass is 32.2. The standard InChI is InChI=1S/C40H47N3O8S2/c1-39(2)32-26-30(52(46,47)48)19-21-34(32)42(5)36(39)12-8-6-9-13-37-40(3,4)33-27-31(53(49,50)51)20-22-35(33)43(37)25-11-7-10-14-38(45)41-24-23-28-15-17-29(44)18-16-28/h6,8-9,12-13,15-22,26-27H,7,10-11,14,23-25H2,1-5H3,(H3-,41,44,45,46,47,48,49,50,51). The number of fused-ring (bicyclic) bond motifs is 2. The lowest BCUT2D eigenvalue weighted by molar-refractivity contribution is -0.401. The number of benzene rings is 3. The smallest absolute Gasteiger partial charge is 0.294 e. The molecule has 53 heavy (non-hydrogen) atoms. The number of hydrogen-bond donors (Lipinski definition) is 3. The van der Waals surface area contributed by atoms with E-state index >= 15 is 0 Å². The molecule has 0 bridgehead atoms. The van der Waals surface area contributed by atoms with E-state index in [2.05, 4.69) is 10.2 Å². The Morgan fingerprint density at radius 2 is 1.55 bits per heavy atom. The van der Waals surface area contributed by atoms with E-state index < -0.39 is 31.1 Å². The number of anilines is 1. The highest BCUT2D eigenvalue weighted by Gasteiger charge is 2.43. The lowest BCUT2D eigenvalue weighted by Gasteiger charge is -2.27. The van der Waals surface area contributed by atoms with Gasteiger partial charge in [-0.05, 0) is 92.8 Å². The van der Waals surface area contributed by atoms with E-state index in [0.29, 0.717) is 32.4 Å². The molecule has 13 heteroatoms. The number of amides is 1. The molecule has 0 radical (unpaired) electrons. The first-order valence-corrected chi connectivity index (χ1v) is 20.4. The van der Waals surface area contributed by atoms with Crippen molar-refractivity contribution in [3.05, 3.63) is 113 Å². The van der Waals surface area contributed by atoms with E-state index in [1.54, 1.807) is 24.3 Å². The van der Waals surface area contributed by atoms with Crippen LogP contribution in [0.3, 0.4) is 0 Å². The van der Waals surface area contributed by atoms with E-state index in [1.807, 2.05) is 81.8 Å². The molecule has 282 valence electrons. The average molecular weight is 762 g/mol. The van der Waals surface area contributed by atoms with Crippen molar-refractivity contribution < 1.29 is 40.4 Å². The number of nitrogens with zero attached hydrogens (tertiary/aromatic N) is 2. The largest absolute Gasteiger partial charge is 0.744 e. The summed E-state index contributed by atoms with van der Waals surface area (Å²) in [7, 11) is -7.10. The first-order chi connectivity index (χ1) is 24.8. The second kappa shape index (κ2) is 15.4. The van der Waals surface area contributed by atoms with E-state index in [9.17, 15) is 35.8 Å². The van der Waals surface area contributed by atoms with Gasteiger partial charge in [0.05, 0.1) is 15.2 Å². The second-order valence-electron chi connectivity index (χ2n) is 14.5. The first-order valence-electron chi connectivity index (χ1n) is 17.5. The maximum absolute atomic E-state index is 12.4. The molecule has 0 aliphatic carbocycles. The Morgan fingerprint density at radius 3 is 2.23 bits per heavy atom. The van der Waals surface area contributed by atoms with Gasteiger partial charge in [-0.15, -0.1) is 0 Å². The molecule has 0 spiro atoms. The molecule has 0 saturated carbocycles. The molecule has 5 rings (SSSR count). The lowest BCUT2D eigenvalue weighted by Crippen LogP contribution is -2.27. The third kappa shape index (κ3) is 8.81. The van der Waals surface area contributed by atoms with E-state index in [-0.39, 0.29) is 21.4 Å². The SMILES string of the molecule is C[N+]1=C(/C=C/C=C/C=C2/N(CCCCCC(=O)NCCc3ccc(O)cc3)c3ccc(S(=O)(=O)O)cc3C2(C)C)C(C)(C)c2cc(S(=O)(=O)[O-])ccc21. The van der Waals surface area contributed by atoms with Crippen LogP contribution in [0.2, 0.25) is 0 Å². The Hall–Kier alpha value is -4.56. The van der Waals surface area contributed by atoms with Crippen LogP contribution in [0.4, 0.5) is 11.4 Å². The molecule has 2 aliphatic rings. The van der Waals surface area contributed by atoms with Gasteiger partial charge in [-0.3, -0.25) is 9.35 Å². The minimum atomic E-state index is -4.59. The molecule has 2 aliphatic heterocycles. The summed E-state index contributed by atoms with van der Waals surface area (Å²) in [6, 6.07) is 16.0. The van der Waals surface area contributed by atoms with Gasteiger partial charge in [0.2, 0.25) is 11.6 Å². The average Bonchev–Trinajstić information content (AvgIpc) is 3.41. The van der Waals surface area contributed by atoms with Crippen molar-refractivity contribution >= 4 is 43.2 Å². The van der Waals surface area contributed by atoms with Crippen LogP contribution in [-0.2, 0) is 42.3 Å². The number of nitrogens with one attached hydrogen (secondary N) is 1. The van der Waals surface area contributed by atoms with Gasteiger partial charge in [-0.25, -0.2) is 8.42 Å². The van der Waals surface area contributed by atoms with Crippen LogP contribution in [0.25, 0.3) is 0 Å². The van der Waals surface area contributed by atoms with Crippen molar-refractivity contribution in [2.24, 2.45) is 0 Å². The summed E-state index contributed by atoms with van der Waals surface area (Å²) in [4.78, 5) is 14.2. The second-order valence-corrected chi connectivity index (χ2v) is 17.3. The fraction of sp³-hybridized carbons (Fsp3) is 0.350. The fourth-order valence-corrected chi connectivity index (χ4v) is 8.22. The molecule has 3 aromatic carbocycles. The number of allylic oxidation sites excluding steroid dienone is 6. The van der Waals surface area contributed by atoms with E-state index in [1.165, 1.54) is 24.3 Å². The number of hydrogen-bond acceptors (Lipinski definition) is 8. The quantitative estimate of drug-likeness (QED) is 0.0744. The molecule has 3 N–H and O–H groups in total. The molecule has 3 aromatic rings. The number of carbonyl (C=O) groups excluding carboxylic acids is 1. The summed E-state index contributed by atoms with van der Waals surface area (Å²) in [6.07, 6.45) is 13.0. The van der Waals surface area contributed by atoms with Crippen LogP contribution in [-0.4, -0.2) is 67.4 Å². The zero-order valence-electron chi connectivity index (χ0n) is 30.7. The van der Waals surface area contributed by atoms with Gasteiger partial charge >= 0.3 is 0 Å². The normalized spacial score (nSPS) is 17.3. The summed E-state index contributed by atoms with van der Waals surface area (Å²) in [6.45, 7) is 9.13. The zero-order chi connectivity index (χ0) is 38.8. The Balaban J connectivity index is 1.27. The maximum Gasteiger partial charge on any atom is 0.294 e. The lowest BCUT2D eigenvalue weighted by atomic mass is 9.81. The van der Waals surface area contributed by atoms with Crippen LogP contribution in [0.15, 0.2) is 107 Å². The highest BCUT2D eigenvalue weighted by molar-refractivity contribution is 7.86. The maximum atomic E-state index is 12.4. The predicted octanol–water partition coefficient (Wildman–Crippen LogP) is 6.26. The first kappa shape index (κ1) is 39.6. The molecular formula is C40H47N3O8S2. The fourth-order valence-electron chi connectivity index (χ4n) is 7.21.